The number of rotatable bonds is 5. The Labute approximate surface area is 147 Å². The number of anilines is 2. The number of carbonyl (C=O) groups excluding carboxylic acids is 1. The standard InChI is InChI=1S/C15H14ClN3O6/c1-24-8-3-4-10(14(5-8)25-2)17-15(21)18-11-6-9(16)12(19(22)23)7-13(11)20/h3-7,20H,1-2H3,(H2,17,18,21). The van der Waals surface area contributed by atoms with Gasteiger partial charge in [0.1, 0.15) is 22.3 Å². The highest BCUT2D eigenvalue weighted by atomic mass is 35.5. The largest absolute Gasteiger partial charge is 0.506 e. The molecule has 0 heterocycles. The number of amides is 2. The molecule has 0 unspecified atom stereocenters. The second-order valence-electron chi connectivity index (χ2n) is 4.72. The molecule has 10 heteroatoms. The summed E-state index contributed by atoms with van der Waals surface area (Å²) in [5.41, 5.74) is -0.198. The summed E-state index contributed by atoms with van der Waals surface area (Å²) < 4.78 is 10.2. The van der Waals surface area contributed by atoms with E-state index in [1.54, 1.807) is 18.2 Å². The number of hydrogen-bond donors (Lipinski definition) is 3. The lowest BCUT2D eigenvalue weighted by Gasteiger charge is -2.13. The molecule has 9 nitrogen and oxygen atoms in total. The number of aromatic hydroxyl groups is 1. The van der Waals surface area contributed by atoms with Crippen LogP contribution < -0.4 is 20.1 Å². The second-order valence-corrected chi connectivity index (χ2v) is 5.13. The third-order valence-electron chi connectivity index (χ3n) is 3.17. The van der Waals surface area contributed by atoms with Gasteiger partial charge in [-0.2, -0.15) is 0 Å². The first-order valence-electron chi connectivity index (χ1n) is 6.82. The zero-order valence-corrected chi connectivity index (χ0v) is 14.0. The smallest absolute Gasteiger partial charge is 0.323 e. The molecule has 3 N–H and O–H groups in total. The van der Waals surface area contributed by atoms with E-state index in [2.05, 4.69) is 10.6 Å². The maximum atomic E-state index is 12.1. The minimum atomic E-state index is -0.742. The summed E-state index contributed by atoms with van der Waals surface area (Å²) in [4.78, 5) is 22.1. The molecule has 0 saturated heterocycles. The van der Waals surface area contributed by atoms with E-state index in [1.807, 2.05) is 0 Å². The number of benzene rings is 2. The monoisotopic (exact) mass is 367 g/mol. The SMILES string of the molecule is COc1ccc(NC(=O)Nc2cc(Cl)c([N+](=O)[O-])cc2O)c(OC)c1. The van der Waals surface area contributed by atoms with Gasteiger partial charge in [-0.25, -0.2) is 4.79 Å². The number of phenolic OH excluding ortho intramolecular Hbond substituents is 1. The highest BCUT2D eigenvalue weighted by Crippen LogP contribution is 2.35. The molecule has 0 aromatic heterocycles. The third kappa shape index (κ3) is 4.21. The number of carbonyl (C=O) groups is 1. The minimum absolute atomic E-state index is 0.0828. The van der Waals surface area contributed by atoms with Crippen molar-refractivity contribution in [3.05, 3.63) is 45.5 Å². The normalized spacial score (nSPS) is 10.0. The van der Waals surface area contributed by atoms with Crippen molar-refractivity contribution >= 4 is 34.7 Å². The quantitative estimate of drug-likeness (QED) is 0.421. The van der Waals surface area contributed by atoms with Gasteiger partial charge in [0, 0.05) is 6.07 Å². The molecule has 0 bridgehead atoms. The van der Waals surface area contributed by atoms with Crippen molar-refractivity contribution in [2.45, 2.75) is 0 Å². The molecule has 0 radical (unpaired) electrons. The van der Waals surface area contributed by atoms with Crippen LogP contribution in [0.15, 0.2) is 30.3 Å². The van der Waals surface area contributed by atoms with Crippen LogP contribution in [-0.2, 0) is 0 Å². The van der Waals surface area contributed by atoms with Crippen LogP contribution in [0.5, 0.6) is 17.2 Å². The molecule has 2 rings (SSSR count). The Balaban J connectivity index is 2.18. The highest BCUT2D eigenvalue weighted by molar-refractivity contribution is 6.33. The zero-order valence-electron chi connectivity index (χ0n) is 13.2. The fourth-order valence-corrected chi connectivity index (χ4v) is 2.20. The number of methoxy groups -OCH3 is 2. The number of ether oxygens (including phenoxy) is 2. The van der Waals surface area contributed by atoms with Gasteiger partial charge in [-0.05, 0) is 18.2 Å². The number of phenols is 1. The molecule has 0 atom stereocenters. The van der Waals surface area contributed by atoms with E-state index < -0.39 is 22.4 Å². The average Bonchev–Trinajstić information content (AvgIpc) is 2.57. The van der Waals surface area contributed by atoms with Crippen molar-refractivity contribution in [1.29, 1.82) is 0 Å². The molecule has 2 amide bonds. The fourth-order valence-electron chi connectivity index (χ4n) is 1.97. The number of nitrogens with zero attached hydrogens (tertiary/aromatic N) is 1. The summed E-state index contributed by atoms with van der Waals surface area (Å²) in [7, 11) is 2.93. The number of urea groups is 1. The summed E-state index contributed by atoms with van der Waals surface area (Å²) in [5.74, 6) is 0.413. The van der Waals surface area contributed by atoms with Crippen molar-refractivity contribution in [3.8, 4) is 17.2 Å². The first-order chi connectivity index (χ1) is 11.8. The summed E-state index contributed by atoms with van der Waals surface area (Å²) in [5, 5.41) is 25.2. The van der Waals surface area contributed by atoms with E-state index >= 15 is 0 Å². The predicted octanol–water partition coefficient (Wildman–Crippen LogP) is 3.62. The van der Waals surface area contributed by atoms with Crippen molar-refractivity contribution < 1.29 is 24.3 Å². The van der Waals surface area contributed by atoms with Crippen molar-refractivity contribution in [2.24, 2.45) is 0 Å². The summed E-state index contributed by atoms with van der Waals surface area (Å²) in [6.45, 7) is 0. The van der Waals surface area contributed by atoms with E-state index in [0.29, 0.717) is 17.2 Å². The zero-order chi connectivity index (χ0) is 18.6. The number of nitro benzene ring substituents is 1. The van der Waals surface area contributed by atoms with Crippen LogP contribution in [-0.4, -0.2) is 30.3 Å². The van der Waals surface area contributed by atoms with Gasteiger partial charge in [0.25, 0.3) is 5.69 Å². The lowest BCUT2D eigenvalue weighted by atomic mass is 10.2. The van der Waals surface area contributed by atoms with Gasteiger partial charge in [-0.15, -0.1) is 0 Å². The maximum absolute atomic E-state index is 12.1. The molecule has 0 aliphatic carbocycles. The van der Waals surface area contributed by atoms with E-state index in [4.69, 9.17) is 21.1 Å². The van der Waals surface area contributed by atoms with Crippen LogP contribution >= 0.6 is 11.6 Å². The van der Waals surface area contributed by atoms with Gasteiger partial charge >= 0.3 is 6.03 Å². The van der Waals surface area contributed by atoms with E-state index in [9.17, 15) is 20.0 Å². The Morgan fingerprint density at radius 3 is 2.44 bits per heavy atom. The van der Waals surface area contributed by atoms with E-state index in [-0.39, 0.29) is 10.7 Å². The summed E-state index contributed by atoms with van der Waals surface area (Å²) >= 11 is 5.76. The van der Waals surface area contributed by atoms with Gasteiger partial charge in [-0.3, -0.25) is 10.1 Å². The molecule has 25 heavy (non-hydrogen) atoms. The Morgan fingerprint density at radius 2 is 1.84 bits per heavy atom. The molecule has 0 fully saturated rings. The average molecular weight is 368 g/mol. The van der Waals surface area contributed by atoms with Crippen LogP contribution in [0.4, 0.5) is 21.9 Å². The second kappa shape index (κ2) is 7.58. The molecule has 2 aromatic carbocycles. The van der Waals surface area contributed by atoms with Crippen LogP contribution in [0, 0.1) is 10.1 Å². The van der Waals surface area contributed by atoms with E-state index in [0.717, 1.165) is 12.1 Å². The van der Waals surface area contributed by atoms with Gasteiger partial charge in [0.2, 0.25) is 0 Å². The van der Waals surface area contributed by atoms with Gasteiger partial charge in [0.15, 0.2) is 0 Å². The first kappa shape index (κ1) is 18.1. The fraction of sp³-hybridized carbons (Fsp3) is 0.133. The predicted molar refractivity (Wildman–Crippen MR) is 92.0 cm³/mol. The molecule has 2 aromatic rings. The van der Waals surface area contributed by atoms with Crippen molar-refractivity contribution in [1.82, 2.24) is 0 Å². The minimum Gasteiger partial charge on any atom is -0.506 e. The molecule has 132 valence electrons. The van der Waals surface area contributed by atoms with Crippen LogP contribution in [0.1, 0.15) is 0 Å². The van der Waals surface area contributed by atoms with Gasteiger partial charge in [-0.1, -0.05) is 11.6 Å². The Kier molecular flexibility index (Phi) is 5.50. The van der Waals surface area contributed by atoms with Crippen molar-refractivity contribution in [3.63, 3.8) is 0 Å². The van der Waals surface area contributed by atoms with Crippen LogP contribution in [0.2, 0.25) is 5.02 Å². The molecule has 0 aliphatic heterocycles. The van der Waals surface area contributed by atoms with Gasteiger partial charge in [0.05, 0.1) is 36.6 Å². The summed E-state index contributed by atoms with van der Waals surface area (Å²) in [6, 6.07) is 6.00. The summed E-state index contributed by atoms with van der Waals surface area (Å²) in [6.07, 6.45) is 0. The Hall–Kier alpha value is -3.20. The van der Waals surface area contributed by atoms with Crippen LogP contribution in [0.3, 0.4) is 0 Å². The highest BCUT2D eigenvalue weighted by Gasteiger charge is 2.18. The Bertz CT molecular complexity index is 827. The Morgan fingerprint density at radius 1 is 1.16 bits per heavy atom. The lowest BCUT2D eigenvalue weighted by molar-refractivity contribution is -0.384. The lowest BCUT2D eigenvalue weighted by Crippen LogP contribution is -2.20. The number of nitro groups is 1. The van der Waals surface area contributed by atoms with Crippen LogP contribution in [0.25, 0.3) is 0 Å². The van der Waals surface area contributed by atoms with Gasteiger partial charge < -0.3 is 25.2 Å². The first-order valence-corrected chi connectivity index (χ1v) is 7.20. The molecule has 0 spiro atoms. The molecule has 0 aliphatic rings. The molecule has 0 saturated carbocycles. The number of nitrogens with one attached hydrogen (secondary N) is 2. The number of halogens is 1. The molecular formula is C15H14ClN3O6. The van der Waals surface area contributed by atoms with E-state index in [1.165, 1.54) is 14.2 Å². The molecular weight excluding hydrogens is 354 g/mol. The number of hydrogen-bond acceptors (Lipinski definition) is 6. The maximum Gasteiger partial charge on any atom is 0.323 e. The topological polar surface area (TPSA) is 123 Å². The third-order valence-corrected chi connectivity index (χ3v) is 3.47. The van der Waals surface area contributed by atoms with Crippen molar-refractivity contribution in [2.75, 3.05) is 24.9 Å².